The van der Waals surface area contributed by atoms with E-state index in [4.69, 9.17) is 5.26 Å². The zero-order valence-corrected chi connectivity index (χ0v) is 12.5. The number of nitrogens with zero attached hydrogens (tertiary/aromatic N) is 3. The third-order valence-electron chi connectivity index (χ3n) is 4.55. The zero-order chi connectivity index (χ0) is 14.8. The number of fused-ring (bicyclic) bond motifs is 1. The van der Waals surface area contributed by atoms with Crippen molar-refractivity contribution in [3.05, 3.63) is 29.3 Å². The first kappa shape index (κ1) is 14.1. The van der Waals surface area contributed by atoms with Gasteiger partial charge in [-0.1, -0.05) is 17.7 Å². The summed E-state index contributed by atoms with van der Waals surface area (Å²) >= 11 is 0. The molecule has 0 N–H and O–H groups in total. The number of nitriles is 1. The van der Waals surface area contributed by atoms with Crippen LogP contribution in [0.15, 0.2) is 18.2 Å². The van der Waals surface area contributed by atoms with Crippen LogP contribution in [0, 0.1) is 18.3 Å². The lowest BCUT2D eigenvalue weighted by atomic mass is 9.96. The van der Waals surface area contributed by atoms with Crippen molar-refractivity contribution >= 4 is 11.6 Å². The summed E-state index contributed by atoms with van der Waals surface area (Å²) in [4.78, 5) is 16.9. The molecule has 1 aromatic carbocycles. The Hall–Kier alpha value is -1.86. The van der Waals surface area contributed by atoms with Crippen LogP contribution in [0.3, 0.4) is 0 Å². The van der Waals surface area contributed by atoms with E-state index < -0.39 is 0 Å². The van der Waals surface area contributed by atoms with Crippen LogP contribution < -0.4 is 4.90 Å². The SMILES string of the molecule is Cc1ccc2c(c1)[C@@H](CC#N)C(=O)N2CCN1CCCC1. The van der Waals surface area contributed by atoms with Crippen LogP contribution in [0.5, 0.6) is 0 Å². The predicted octanol–water partition coefficient (Wildman–Crippen LogP) is 2.43. The molecule has 1 fully saturated rings. The molecular weight excluding hydrogens is 262 g/mol. The molecule has 0 aliphatic carbocycles. The summed E-state index contributed by atoms with van der Waals surface area (Å²) in [6.45, 7) is 5.98. The highest BCUT2D eigenvalue weighted by Gasteiger charge is 2.37. The van der Waals surface area contributed by atoms with E-state index in [0.717, 1.165) is 43.0 Å². The van der Waals surface area contributed by atoms with Gasteiger partial charge < -0.3 is 9.80 Å². The molecule has 0 saturated carbocycles. The Bertz CT molecular complexity index is 584. The maximum atomic E-state index is 12.6. The van der Waals surface area contributed by atoms with E-state index in [-0.39, 0.29) is 18.2 Å². The highest BCUT2D eigenvalue weighted by atomic mass is 16.2. The Morgan fingerprint density at radius 3 is 2.76 bits per heavy atom. The normalized spacial score (nSPS) is 21.6. The minimum absolute atomic E-state index is 0.0938. The van der Waals surface area contributed by atoms with Crippen LogP contribution in [-0.2, 0) is 4.79 Å². The number of hydrogen-bond acceptors (Lipinski definition) is 3. The average Bonchev–Trinajstić information content (AvgIpc) is 3.06. The minimum Gasteiger partial charge on any atom is -0.310 e. The second kappa shape index (κ2) is 5.87. The molecule has 2 heterocycles. The Balaban J connectivity index is 1.81. The third-order valence-corrected chi connectivity index (χ3v) is 4.55. The highest BCUT2D eigenvalue weighted by Crippen LogP contribution is 2.39. The summed E-state index contributed by atoms with van der Waals surface area (Å²) in [5.74, 6) is -0.181. The van der Waals surface area contributed by atoms with Crippen molar-refractivity contribution in [2.45, 2.75) is 32.1 Å². The van der Waals surface area contributed by atoms with Crippen molar-refractivity contribution in [2.75, 3.05) is 31.1 Å². The molecule has 0 radical (unpaired) electrons. The van der Waals surface area contributed by atoms with Gasteiger partial charge in [-0.25, -0.2) is 0 Å². The summed E-state index contributed by atoms with van der Waals surface area (Å²) in [5, 5.41) is 9.00. The predicted molar refractivity (Wildman–Crippen MR) is 82.2 cm³/mol. The number of carbonyl (C=O) groups is 1. The van der Waals surface area contributed by atoms with E-state index in [2.05, 4.69) is 17.0 Å². The fourth-order valence-electron chi connectivity index (χ4n) is 3.41. The van der Waals surface area contributed by atoms with Crippen molar-refractivity contribution in [3.8, 4) is 6.07 Å². The number of amides is 1. The summed E-state index contributed by atoms with van der Waals surface area (Å²) in [6.07, 6.45) is 2.80. The van der Waals surface area contributed by atoms with E-state index >= 15 is 0 Å². The van der Waals surface area contributed by atoms with E-state index in [1.165, 1.54) is 12.8 Å². The second-order valence-electron chi connectivity index (χ2n) is 6.02. The summed E-state index contributed by atoms with van der Waals surface area (Å²) in [7, 11) is 0. The fourth-order valence-corrected chi connectivity index (χ4v) is 3.41. The van der Waals surface area contributed by atoms with Gasteiger partial charge in [-0.2, -0.15) is 5.26 Å². The first-order valence-electron chi connectivity index (χ1n) is 7.72. The van der Waals surface area contributed by atoms with Crippen LogP contribution in [0.4, 0.5) is 5.69 Å². The number of benzene rings is 1. The van der Waals surface area contributed by atoms with Gasteiger partial charge in [-0.3, -0.25) is 4.79 Å². The molecule has 1 atom stereocenters. The quantitative estimate of drug-likeness (QED) is 0.852. The Labute approximate surface area is 126 Å². The number of hydrogen-bond donors (Lipinski definition) is 0. The number of anilines is 1. The van der Waals surface area contributed by atoms with Crippen molar-refractivity contribution in [2.24, 2.45) is 0 Å². The maximum Gasteiger partial charge on any atom is 0.235 e. The topological polar surface area (TPSA) is 47.3 Å². The van der Waals surface area contributed by atoms with Crippen molar-refractivity contribution in [1.82, 2.24) is 4.90 Å². The van der Waals surface area contributed by atoms with Crippen LogP contribution in [0.1, 0.15) is 36.3 Å². The standard InChI is InChI=1S/C17H21N3O/c1-13-4-5-16-15(12-13)14(6-7-18)17(21)20(16)11-10-19-8-2-3-9-19/h4-5,12,14H,2-3,6,8-11H2,1H3/t14-/m1/s1. The smallest absolute Gasteiger partial charge is 0.235 e. The lowest BCUT2D eigenvalue weighted by Crippen LogP contribution is -2.36. The molecule has 21 heavy (non-hydrogen) atoms. The molecule has 0 unspecified atom stereocenters. The van der Waals surface area contributed by atoms with E-state index in [1.54, 1.807) is 0 Å². The third kappa shape index (κ3) is 2.66. The van der Waals surface area contributed by atoms with Crippen LogP contribution in [-0.4, -0.2) is 37.0 Å². The molecular formula is C17H21N3O. The van der Waals surface area contributed by atoms with Gasteiger partial charge in [0.05, 0.1) is 18.4 Å². The van der Waals surface area contributed by atoms with E-state index in [1.807, 2.05) is 24.0 Å². The molecule has 1 aromatic rings. The summed E-state index contributed by atoms with van der Waals surface area (Å²) in [6, 6.07) is 8.30. The molecule has 2 aliphatic rings. The molecule has 0 bridgehead atoms. The van der Waals surface area contributed by atoms with Crippen LogP contribution in [0.2, 0.25) is 0 Å². The molecule has 4 heteroatoms. The van der Waals surface area contributed by atoms with Gasteiger partial charge in [0.1, 0.15) is 0 Å². The molecule has 110 valence electrons. The Kier molecular flexibility index (Phi) is 3.94. The van der Waals surface area contributed by atoms with E-state index in [0.29, 0.717) is 0 Å². The zero-order valence-electron chi connectivity index (χ0n) is 12.5. The molecule has 0 spiro atoms. The van der Waals surface area contributed by atoms with Gasteiger partial charge in [-0.15, -0.1) is 0 Å². The fraction of sp³-hybridized carbons (Fsp3) is 0.529. The first-order valence-corrected chi connectivity index (χ1v) is 7.72. The summed E-state index contributed by atoms with van der Waals surface area (Å²) in [5.41, 5.74) is 3.18. The molecule has 4 nitrogen and oxygen atoms in total. The number of rotatable bonds is 4. The molecule has 3 rings (SSSR count). The maximum absolute atomic E-state index is 12.6. The van der Waals surface area contributed by atoms with Gasteiger partial charge in [0.25, 0.3) is 0 Å². The van der Waals surface area contributed by atoms with E-state index in [9.17, 15) is 4.79 Å². The van der Waals surface area contributed by atoms with Crippen molar-refractivity contribution < 1.29 is 4.79 Å². The lowest BCUT2D eigenvalue weighted by Gasteiger charge is -2.22. The molecule has 0 aromatic heterocycles. The first-order chi connectivity index (χ1) is 10.2. The van der Waals surface area contributed by atoms with Gasteiger partial charge in [0.15, 0.2) is 0 Å². The number of carbonyl (C=O) groups excluding carboxylic acids is 1. The van der Waals surface area contributed by atoms with Crippen molar-refractivity contribution in [3.63, 3.8) is 0 Å². The highest BCUT2D eigenvalue weighted by molar-refractivity contribution is 6.05. The van der Waals surface area contributed by atoms with Gasteiger partial charge >= 0.3 is 0 Å². The van der Waals surface area contributed by atoms with Gasteiger partial charge in [-0.05, 0) is 44.5 Å². The van der Waals surface area contributed by atoms with Gasteiger partial charge in [0, 0.05) is 18.8 Å². The molecule has 1 amide bonds. The van der Waals surface area contributed by atoms with Crippen LogP contribution >= 0.6 is 0 Å². The summed E-state index contributed by atoms with van der Waals surface area (Å²) < 4.78 is 0. The minimum atomic E-state index is -0.275. The monoisotopic (exact) mass is 283 g/mol. The van der Waals surface area contributed by atoms with Crippen LogP contribution in [0.25, 0.3) is 0 Å². The molecule has 2 aliphatic heterocycles. The number of likely N-dealkylation sites (tertiary alicyclic amines) is 1. The van der Waals surface area contributed by atoms with Crippen molar-refractivity contribution in [1.29, 1.82) is 5.26 Å². The lowest BCUT2D eigenvalue weighted by molar-refractivity contribution is -0.119. The average molecular weight is 283 g/mol. The largest absolute Gasteiger partial charge is 0.310 e. The Morgan fingerprint density at radius 2 is 2.05 bits per heavy atom. The second-order valence-corrected chi connectivity index (χ2v) is 6.02. The Morgan fingerprint density at radius 1 is 1.29 bits per heavy atom. The molecule has 1 saturated heterocycles. The van der Waals surface area contributed by atoms with Gasteiger partial charge in [0.2, 0.25) is 5.91 Å². The number of aryl methyl sites for hydroxylation is 1.